The molecule has 2 aromatic heterocycles. The van der Waals surface area contributed by atoms with Crippen molar-refractivity contribution in [1.82, 2.24) is 20.4 Å². The summed E-state index contributed by atoms with van der Waals surface area (Å²) >= 11 is 9.77. The summed E-state index contributed by atoms with van der Waals surface area (Å²) in [5.74, 6) is 0.0701. The molecule has 0 aliphatic rings. The van der Waals surface area contributed by atoms with E-state index in [-0.39, 0.29) is 11.1 Å². The van der Waals surface area contributed by atoms with Gasteiger partial charge in [-0.3, -0.25) is 19.8 Å². The van der Waals surface area contributed by atoms with Gasteiger partial charge in [0.05, 0.1) is 15.6 Å². The molecule has 0 fully saturated rings. The molecule has 0 unspecified atom stereocenters. The smallest absolute Gasteiger partial charge is 0.268 e. The molecule has 0 aliphatic heterocycles. The maximum Gasteiger partial charge on any atom is 0.268 e. The molecule has 0 bridgehead atoms. The fraction of sp³-hybridized carbons (Fsp3) is 0.182. The van der Waals surface area contributed by atoms with E-state index in [1.807, 2.05) is 42.5 Å². The van der Waals surface area contributed by atoms with Gasteiger partial charge in [0.15, 0.2) is 0 Å². The number of aromatic amines is 4. The van der Waals surface area contributed by atoms with Gasteiger partial charge in [-0.15, -0.1) is 0 Å². The van der Waals surface area contributed by atoms with Crippen LogP contribution in [-0.2, 0) is 6.61 Å². The molecule has 0 spiro atoms. The van der Waals surface area contributed by atoms with Crippen LogP contribution >= 0.6 is 27.5 Å². The number of hydrogen-bond acceptors (Lipinski definition) is 3. The average molecular weight is 504 g/mol. The summed E-state index contributed by atoms with van der Waals surface area (Å²) in [6, 6.07) is 13.0. The second kappa shape index (κ2) is 8.64. The monoisotopic (exact) mass is 502 g/mol. The van der Waals surface area contributed by atoms with Gasteiger partial charge in [-0.1, -0.05) is 35.9 Å². The maximum atomic E-state index is 12.6. The molecular formula is C22H20BrClN4O3. The van der Waals surface area contributed by atoms with E-state index in [1.165, 1.54) is 0 Å². The van der Waals surface area contributed by atoms with Crippen molar-refractivity contribution >= 4 is 27.5 Å². The summed E-state index contributed by atoms with van der Waals surface area (Å²) in [6.45, 7) is 3.91. The molecule has 2 heterocycles. The molecule has 160 valence electrons. The first-order chi connectivity index (χ1) is 14.9. The Morgan fingerprint density at radius 1 is 0.935 bits per heavy atom. The standard InChI is InChI=1S/C22H20BrClN4O3/c1-11-18(21(29)27-25-11)20(19-12(2)26-28-22(19)30)13-7-8-17(15(23)9-13)31-10-14-5-3-4-6-16(14)24/h3-9,20H,10H2,1-2H3,(H2,25,27,29)(H2,26,28,30). The van der Waals surface area contributed by atoms with Crippen LogP contribution in [0, 0.1) is 13.8 Å². The number of hydrogen-bond donors (Lipinski definition) is 4. The summed E-state index contributed by atoms with van der Waals surface area (Å²) in [4.78, 5) is 25.1. The molecule has 0 amide bonds. The van der Waals surface area contributed by atoms with Gasteiger partial charge in [0.2, 0.25) is 0 Å². The Balaban J connectivity index is 1.73. The molecule has 4 aromatic rings. The average Bonchev–Trinajstić information content (AvgIpc) is 3.25. The Kier molecular flexibility index (Phi) is 5.93. The summed E-state index contributed by atoms with van der Waals surface area (Å²) in [5, 5.41) is 11.5. The zero-order chi connectivity index (χ0) is 22.1. The van der Waals surface area contributed by atoms with Crippen molar-refractivity contribution in [2.75, 3.05) is 0 Å². The van der Waals surface area contributed by atoms with Crippen LogP contribution < -0.4 is 15.9 Å². The van der Waals surface area contributed by atoms with Crippen molar-refractivity contribution in [1.29, 1.82) is 0 Å². The molecule has 0 saturated carbocycles. The van der Waals surface area contributed by atoms with Crippen LogP contribution in [-0.4, -0.2) is 20.4 Å². The Labute approximate surface area is 190 Å². The SMILES string of the molecule is Cc1[nH][nH]c(=O)c1C(c1ccc(OCc2ccccc2Cl)c(Br)c1)c1c(C)[nH][nH]c1=O. The van der Waals surface area contributed by atoms with Crippen molar-refractivity contribution in [2.45, 2.75) is 26.4 Å². The van der Waals surface area contributed by atoms with Gasteiger partial charge in [-0.05, 0) is 53.5 Å². The molecule has 9 heteroatoms. The van der Waals surface area contributed by atoms with E-state index in [0.717, 1.165) is 11.1 Å². The lowest BCUT2D eigenvalue weighted by Crippen LogP contribution is -2.20. The van der Waals surface area contributed by atoms with Crippen LogP contribution in [0.1, 0.15) is 39.6 Å². The van der Waals surface area contributed by atoms with Gasteiger partial charge in [0.25, 0.3) is 11.1 Å². The van der Waals surface area contributed by atoms with Crippen molar-refractivity contribution in [3.63, 3.8) is 0 Å². The predicted octanol–water partition coefficient (Wildman–Crippen LogP) is 4.51. The molecule has 2 aromatic carbocycles. The van der Waals surface area contributed by atoms with Crippen LogP contribution in [0.2, 0.25) is 5.02 Å². The van der Waals surface area contributed by atoms with E-state index >= 15 is 0 Å². The highest BCUT2D eigenvalue weighted by Gasteiger charge is 2.28. The molecule has 4 N–H and O–H groups in total. The second-order valence-electron chi connectivity index (χ2n) is 7.24. The van der Waals surface area contributed by atoms with Crippen molar-refractivity contribution in [3.05, 3.63) is 106 Å². The van der Waals surface area contributed by atoms with E-state index in [9.17, 15) is 9.59 Å². The van der Waals surface area contributed by atoms with Crippen LogP contribution in [0.5, 0.6) is 5.75 Å². The summed E-state index contributed by atoms with van der Waals surface area (Å²) < 4.78 is 6.64. The second-order valence-corrected chi connectivity index (χ2v) is 8.50. The molecule has 4 rings (SSSR count). The largest absolute Gasteiger partial charge is 0.488 e. The lowest BCUT2D eigenvalue weighted by molar-refractivity contribution is 0.304. The highest BCUT2D eigenvalue weighted by atomic mass is 79.9. The van der Waals surface area contributed by atoms with Crippen molar-refractivity contribution in [3.8, 4) is 5.75 Å². The molecular weight excluding hydrogens is 484 g/mol. The first-order valence-corrected chi connectivity index (χ1v) is 10.7. The Morgan fingerprint density at radius 3 is 2.06 bits per heavy atom. The Hall–Kier alpha value is -2.97. The third-order valence-electron chi connectivity index (χ3n) is 5.23. The number of rotatable bonds is 6. The summed E-state index contributed by atoms with van der Waals surface area (Å²) in [5.41, 5.74) is 3.45. The number of ether oxygens (including phenoxy) is 1. The molecule has 0 saturated heterocycles. The van der Waals surface area contributed by atoms with Gasteiger partial charge in [-0.25, -0.2) is 0 Å². The fourth-order valence-corrected chi connectivity index (χ4v) is 4.37. The number of benzene rings is 2. The number of H-pyrrole nitrogens is 4. The Morgan fingerprint density at radius 2 is 1.55 bits per heavy atom. The topological polar surface area (TPSA) is 107 Å². The van der Waals surface area contributed by atoms with E-state index in [4.69, 9.17) is 16.3 Å². The third kappa shape index (κ3) is 4.13. The lowest BCUT2D eigenvalue weighted by atomic mass is 9.85. The molecule has 0 atom stereocenters. The zero-order valence-electron chi connectivity index (χ0n) is 16.8. The number of aryl methyl sites for hydroxylation is 2. The molecule has 0 radical (unpaired) electrons. The summed E-state index contributed by atoms with van der Waals surface area (Å²) in [7, 11) is 0. The Bertz CT molecular complexity index is 1300. The minimum atomic E-state index is -0.557. The third-order valence-corrected chi connectivity index (χ3v) is 6.22. The predicted molar refractivity (Wildman–Crippen MR) is 123 cm³/mol. The quantitative estimate of drug-likeness (QED) is 0.311. The lowest BCUT2D eigenvalue weighted by Gasteiger charge is -2.17. The molecule has 31 heavy (non-hydrogen) atoms. The zero-order valence-corrected chi connectivity index (χ0v) is 19.1. The van der Waals surface area contributed by atoms with Crippen molar-refractivity contribution < 1.29 is 4.74 Å². The highest BCUT2D eigenvalue weighted by Crippen LogP contribution is 2.36. The van der Waals surface area contributed by atoms with Crippen LogP contribution in [0.4, 0.5) is 0 Å². The van der Waals surface area contributed by atoms with Crippen LogP contribution in [0.15, 0.2) is 56.5 Å². The van der Waals surface area contributed by atoms with Gasteiger partial charge in [-0.2, -0.15) is 0 Å². The van der Waals surface area contributed by atoms with E-state index in [2.05, 4.69) is 36.3 Å². The van der Waals surface area contributed by atoms with Crippen molar-refractivity contribution in [2.24, 2.45) is 0 Å². The number of aromatic nitrogens is 4. The minimum Gasteiger partial charge on any atom is -0.488 e. The van der Waals surface area contributed by atoms with E-state index < -0.39 is 5.92 Å². The fourth-order valence-electron chi connectivity index (χ4n) is 3.67. The molecule has 7 nitrogen and oxygen atoms in total. The van der Waals surface area contributed by atoms with Gasteiger partial charge < -0.3 is 14.9 Å². The normalized spacial score (nSPS) is 11.3. The van der Waals surface area contributed by atoms with Gasteiger partial charge in [0.1, 0.15) is 12.4 Å². The first kappa shape index (κ1) is 21.3. The molecule has 0 aliphatic carbocycles. The maximum absolute atomic E-state index is 12.6. The van der Waals surface area contributed by atoms with Crippen LogP contribution in [0.25, 0.3) is 0 Å². The van der Waals surface area contributed by atoms with E-state index in [1.54, 1.807) is 13.8 Å². The minimum absolute atomic E-state index is 0.266. The number of nitrogens with one attached hydrogen (secondary N) is 4. The summed E-state index contributed by atoms with van der Waals surface area (Å²) in [6.07, 6.45) is 0. The first-order valence-electron chi connectivity index (χ1n) is 9.56. The van der Waals surface area contributed by atoms with Crippen LogP contribution in [0.3, 0.4) is 0 Å². The van der Waals surface area contributed by atoms with Gasteiger partial charge in [0, 0.05) is 27.9 Å². The highest BCUT2D eigenvalue weighted by molar-refractivity contribution is 9.10. The van der Waals surface area contributed by atoms with E-state index in [0.29, 0.717) is 44.4 Å². The number of halogens is 2. The van der Waals surface area contributed by atoms with Gasteiger partial charge >= 0.3 is 0 Å².